The van der Waals surface area contributed by atoms with Crippen molar-refractivity contribution in [1.82, 2.24) is 10.3 Å². The molecule has 8 nitrogen and oxygen atoms in total. The van der Waals surface area contributed by atoms with Crippen molar-refractivity contribution >= 4 is 22.8 Å². The highest BCUT2D eigenvalue weighted by atomic mass is 16.5. The van der Waals surface area contributed by atoms with Crippen molar-refractivity contribution in [2.75, 3.05) is 13.2 Å². The predicted molar refractivity (Wildman–Crippen MR) is 99.6 cm³/mol. The van der Waals surface area contributed by atoms with Gasteiger partial charge in [0.2, 0.25) is 0 Å². The smallest absolute Gasteiger partial charge is 0.300 e. The lowest BCUT2D eigenvalue weighted by atomic mass is 10.2. The maximum absolute atomic E-state index is 9.79. The molecule has 1 heterocycles. The molecule has 1 aromatic carbocycles. The minimum absolute atomic E-state index is 0.296. The van der Waals surface area contributed by atoms with E-state index in [2.05, 4.69) is 10.3 Å². The largest absolute Gasteiger partial charge is 0.490 e. The van der Waals surface area contributed by atoms with Crippen LogP contribution in [0.3, 0.4) is 0 Å². The Morgan fingerprint density at radius 3 is 2.27 bits per heavy atom. The number of carboxylic acids is 2. The van der Waals surface area contributed by atoms with E-state index in [-0.39, 0.29) is 0 Å². The molecule has 0 aliphatic carbocycles. The van der Waals surface area contributed by atoms with E-state index in [1.165, 1.54) is 0 Å². The van der Waals surface area contributed by atoms with Crippen molar-refractivity contribution in [3.8, 4) is 5.75 Å². The van der Waals surface area contributed by atoms with E-state index in [4.69, 9.17) is 24.5 Å². The number of aromatic amines is 1. The molecule has 0 spiro atoms. The van der Waals surface area contributed by atoms with Crippen LogP contribution in [0.2, 0.25) is 0 Å². The minimum Gasteiger partial charge on any atom is -0.490 e. The number of hydrogen-bond donors (Lipinski definition) is 5. The van der Waals surface area contributed by atoms with Gasteiger partial charge in [-0.2, -0.15) is 0 Å². The van der Waals surface area contributed by atoms with E-state index in [0.717, 1.165) is 30.5 Å². The van der Waals surface area contributed by atoms with Crippen molar-refractivity contribution in [2.45, 2.75) is 39.8 Å². The normalized spacial score (nSPS) is 11.0. The zero-order valence-electron chi connectivity index (χ0n) is 15.5. The van der Waals surface area contributed by atoms with Crippen molar-refractivity contribution in [3.63, 3.8) is 0 Å². The molecule has 0 saturated carbocycles. The van der Waals surface area contributed by atoms with Crippen LogP contribution in [0, 0.1) is 0 Å². The molecule has 2 rings (SSSR count). The van der Waals surface area contributed by atoms with Crippen LogP contribution >= 0.6 is 0 Å². The number of aliphatic hydroxyl groups is 1. The SMILES string of the molecule is CC(=O)O.CC(=O)O.CC(C)NCC(O)COc1cccc2[nH]ccc12. The molecule has 0 amide bonds. The van der Waals surface area contributed by atoms with Crippen LogP contribution in [-0.4, -0.2) is 57.5 Å². The number of carboxylic acid groups (broad SMARTS) is 2. The van der Waals surface area contributed by atoms with Gasteiger partial charge in [0.15, 0.2) is 0 Å². The summed E-state index contributed by atoms with van der Waals surface area (Å²) in [4.78, 5) is 21.1. The number of nitrogens with one attached hydrogen (secondary N) is 2. The van der Waals surface area contributed by atoms with Gasteiger partial charge in [-0.15, -0.1) is 0 Å². The van der Waals surface area contributed by atoms with Crippen molar-refractivity contribution in [3.05, 3.63) is 30.5 Å². The number of rotatable bonds is 6. The Kier molecular flexibility index (Phi) is 11.5. The van der Waals surface area contributed by atoms with Gasteiger partial charge >= 0.3 is 0 Å². The Morgan fingerprint density at radius 2 is 1.73 bits per heavy atom. The molecule has 5 N–H and O–H groups in total. The molecule has 1 aromatic heterocycles. The summed E-state index contributed by atoms with van der Waals surface area (Å²) in [5.41, 5.74) is 1.04. The lowest BCUT2D eigenvalue weighted by Crippen LogP contribution is -2.35. The van der Waals surface area contributed by atoms with Gasteiger partial charge in [-0.25, -0.2) is 0 Å². The summed E-state index contributed by atoms with van der Waals surface area (Å²) in [7, 11) is 0. The van der Waals surface area contributed by atoms with Gasteiger partial charge in [-0.05, 0) is 18.2 Å². The lowest BCUT2D eigenvalue weighted by molar-refractivity contribution is -0.135. The first-order chi connectivity index (χ1) is 12.1. The highest BCUT2D eigenvalue weighted by Gasteiger charge is 2.08. The highest BCUT2D eigenvalue weighted by Crippen LogP contribution is 2.24. The zero-order valence-corrected chi connectivity index (χ0v) is 15.5. The van der Waals surface area contributed by atoms with Gasteiger partial charge in [-0.1, -0.05) is 19.9 Å². The van der Waals surface area contributed by atoms with Crippen LogP contribution in [0.5, 0.6) is 5.75 Å². The molecule has 0 saturated heterocycles. The summed E-state index contributed by atoms with van der Waals surface area (Å²) >= 11 is 0. The Balaban J connectivity index is 0.000000662. The summed E-state index contributed by atoms with van der Waals surface area (Å²) in [6.45, 7) is 7.10. The van der Waals surface area contributed by atoms with Crippen LogP contribution in [0.4, 0.5) is 0 Å². The molecule has 1 unspecified atom stereocenters. The maximum atomic E-state index is 9.79. The molecular formula is C18H28N2O6. The quantitative estimate of drug-likeness (QED) is 0.527. The van der Waals surface area contributed by atoms with Gasteiger partial charge in [0.25, 0.3) is 11.9 Å². The van der Waals surface area contributed by atoms with Crippen LogP contribution < -0.4 is 10.1 Å². The number of aliphatic carboxylic acids is 2. The maximum Gasteiger partial charge on any atom is 0.300 e. The molecule has 26 heavy (non-hydrogen) atoms. The monoisotopic (exact) mass is 368 g/mol. The second-order valence-electron chi connectivity index (χ2n) is 5.76. The Labute approximate surface area is 152 Å². The van der Waals surface area contributed by atoms with E-state index in [1.54, 1.807) is 0 Å². The minimum atomic E-state index is -0.833. The second-order valence-corrected chi connectivity index (χ2v) is 5.76. The molecule has 0 fully saturated rings. The van der Waals surface area contributed by atoms with Crippen LogP contribution in [0.1, 0.15) is 27.7 Å². The molecule has 2 aromatic rings. The molecule has 0 aliphatic heterocycles. The third kappa shape index (κ3) is 11.9. The lowest BCUT2D eigenvalue weighted by Gasteiger charge is -2.15. The average Bonchev–Trinajstić information content (AvgIpc) is 2.98. The number of fused-ring (bicyclic) bond motifs is 1. The number of hydrogen-bond acceptors (Lipinski definition) is 5. The van der Waals surface area contributed by atoms with Gasteiger partial charge in [0.1, 0.15) is 18.5 Å². The highest BCUT2D eigenvalue weighted by molar-refractivity contribution is 5.85. The van der Waals surface area contributed by atoms with E-state index in [0.29, 0.717) is 19.2 Å². The van der Waals surface area contributed by atoms with E-state index in [1.807, 2.05) is 44.3 Å². The third-order valence-electron chi connectivity index (χ3n) is 2.75. The number of aromatic nitrogens is 1. The summed E-state index contributed by atoms with van der Waals surface area (Å²) in [5, 5.41) is 28.8. The Hall–Kier alpha value is -2.58. The average molecular weight is 368 g/mol. The van der Waals surface area contributed by atoms with Crippen molar-refractivity contribution in [2.24, 2.45) is 0 Å². The van der Waals surface area contributed by atoms with E-state index < -0.39 is 18.0 Å². The van der Waals surface area contributed by atoms with Gasteiger partial charge in [0, 0.05) is 43.5 Å². The van der Waals surface area contributed by atoms with Crippen LogP contribution in [0.25, 0.3) is 10.9 Å². The molecule has 0 bridgehead atoms. The number of benzene rings is 1. The Bertz CT molecular complexity index is 648. The molecule has 0 radical (unpaired) electrons. The first kappa shape index (κ1) is 23.4. The standard InChI is InChI=1S/C14H20N2O2.2C2H4O2/c1-10(2)16-8-11(17)9-18-14-5-3-4-13-12(14)6-7-15-13;2*1-2(3)4/h3-7,10-11,15-17H,8-9H2,1-2H3;2*1H3,(H,3,4). The number of ether oxygens (including phenoxy) is 1. The predicted octanol–water partition coefficient (Wildman–Crippen LogP) is 2.09. The van der Waals surface area contributed by atoms with Crippen LogP contribution in [-0.2, 0) is 9.59 Å². The summed E-state index contributed by atoms with van der Waals surface area (Å²) < 4.78 is 5.66. The van der Waals surface area contributed by atoms with Crippen LogP contribution in [0.15, 0.2) is 30.5 Å². The van der Waals surface area contributed by atoms with Gasteiger partial charge in [0.05, 0.1) is 0 Å². The molecule has 0 aliphatic rings. The summed E-state index contributed by atoms with van der Waals surface area (Å²) in [6, 6.07) is 8.20. The fraction of sp³-hybridized carbons (Fsp3) is 0.444. The van der Waals surface area contributed by atoms with Crippen molar-refractivity contribution in [1.29, 1.82) is 0 Å². The zero-order chi connectivity index (χ0) is 20.1. The molecular weight excluding hydrogens is 340 g/mol. The molecule has 1 atom stereocenters. The summed E-state index contributed by atoms with van der Waals surface area (Å²) in [6.07, 6.45) is 1.38. The second kappa shape index (κ2) is 12.7. The summed E-state index contributed by atoms with van der Waals surface area (Å²) in [5.74, 6) is -0.864. The van der Waals surface area contributed by atoms with Gasteiger partial charge in [-0.3, -0.25) is 9.59 Å². The fourth-order valence-electron chi connectivity index (χ4n) is 1.80. The first-order valence-electron chi connectivity index (χ1n) is 8.12. The van der Waals surface area contributed by atoms with E-state index in [9.17, 15) is 5.11 Å². The first-order valence-corrected chi connectivity index (χ1v) is 8.12. The van der Waals surface area contributed by atoms with Gasteiger partial charge < -0.3 is 30.4 Å². The van der Waals surface area contributed by atoms with E-state index >= 15 is 0 Å². The van der Waals surface area contributed by atoms with Crippen molar-refractivity contribution < 1.29 is 29.6 Å². The number of carbonyl (C=O) groups is 2. The number of aliphatic hydroxyl groups excluding tert-OH is 1. The fourth-order valence-corrected chi connectivity index (χ4v) is 1.80. The topological polar surface area (TPSA) is 132 Å². The Morgan fingerprint density at radius 1 is 1.15 bits per heavy atom. The molecule has 8 heteroatoms. The molecule has 146 valence electrons. The third-order valence-corrected chi connectivity index (χ3v) is 2.75. The number of H-pyrrole nitrogens is 1.